The summed E-state index contributed by atoms with van der Waals surface area (Å²) in [5.74, 6) is 0.272. The average Bonchev–Trinajstić information content (AvgIpc) is 2.56. The van der Waals surface area contributed by atoms with Gasteiger partial charge in [-0.1, -0.05) is 43.0 Å². The fourth-order valence-electron chi connectivity index (χ4n) is 4.15. The highest BCUT2D eigenvalue weighted by Crippen LogP contribution is 2.23. The van der Waals surface area contributed by atoms with Crippen molar-refractivity contribution in [3.8, 4) is 0 Å². The first-order chi connectivity index (χ1) is 11.1. The van der Waals surface area contributed by atoms with E-state index in [1.807, 2.05) is 19.1 Å². The molecule has 1 aliphatic carbocycles. The minimum atomic E-state index is 0.272. The molecule has 23 heavy (non-hydrogen) atoms. The van der Waals surface area contributed by atoms with Crippen LogP contribution in [0.25, 0.3) is 0 Å². The van der Waals surface area contributed by atoms with E-state index in [0.717, 1.165) is 43.3 Å². The summed E-state index contributed by atoms with van der Waals surface area (Å²) in [5.41, 5.74) is 3.22. The molecule has 1 saturated heterocycles. The number of nitrogens with zero attached hydrogens (tertiary/aromatic N) is 2. The van der Waals surface area contributed by atoms with E-state index in [-0.39, 0.29) is 5.78 Å². The Bertz CT molecular complexity index is 541. The lowest BCUT2D eigenvalue weighted by Crippen LogP contribution is -2.51. The van der Waals surface area contributed by atoms with Crippen LogP contribution in [0.1, 0.15) is 53.6 Å². The summed E-state index contributed by atoms with van der Waals surface area (Å²) in [4.78, 5) is 17.6. The highest BCUT2D eigenvalue weighted by atomic mass is 16.1. The molecule has 2 aliphatic rings. The molecule has 3 rings (SSSR count). The van der Waals surface area contributed by atoms with E-state index in [1.165, 1.54) is 37.7 Å². The second-order valence-corrected chi connectivity index (χ2v) is 7.35. The van der Waals surface area contributed by atoms with E-state index in [9.17, 15) is 4.79 Å². The van der Waals surface area contributed by atoms with E-state index in [0.29, 0.717) is 6.54 Å². The molecule has 0 aromatic heterocycles. The quantitative estimate of drug-likeness (QED) is 0.796. The SMILES string of the molecule is Cc1ccc(C(=O)CN2CCN(C3CCCCC3)CC2)c(C)c1. The molecule has 1 saturated carbocycles. The zero-order valence-corrected chi connectivity index (χ0v) is 14.7. The summed E-state index contributed by atoms with van der Waals surface area (Å²) in [6, 6.07) is 6.95. The van der Waals surface area contributed by atoms with Crippen molar-refractivity contribution >= 4 is 5.78 Å². The van der Waals surface area contributed by atoms with Crippen LogP contribution in [-0.4, -0.2) is 54.3 Å². The van der Waals surface area contributed by atoms with Gasteiger partial charge in [0.05, 0.1) is 6.54 Å². The number of carbonyl (C=O) groups is 1. The van der Waals surface area contributed by atoms with Crippen LogP contribution in [-0.2, 0) is 0 Å². The van der Waals surface area contributed by atoms with Crippen LogP contribution in [0.2, 0.25) is 0 Å². The summed E-state index contributed by atoms with van der Waals surface area (Å²) in [7, 11) is 0. The summed E-state index contributed by atoms with van der Waals surface area (Å²) in [6.45, 7) is 9.02. The Morgan fingerprint density at radius 3 is 2.39 bits per heavy atom. The molecular formula is C20H30N2O. The van der Waals surface area contributed by atoms with Gasteiger partial charge in [0.15, 0.2) is 5.78 Å². The number of hydrogen-bond donors (Lipinski definition) is 0. The number of benzene rings is 1. The second kappa shape index (κ2) is 7.59. The zero-order chi connectivity index (χ0) is 16.2. The average molecular weight is 314 g/mol. The molecule has 0 radical (unpaired) electrons. The van der Waals surface area contributed by atoms with Crippen molar-refractivity contribution in [2.75, 3.05) is 32.7 Å². The third-order valence-corrected chi connectivity index (χ3v) is 5.55. The van der Waals surface area contributed by atoms with Gasteiger partial charge in [-0.05, 0) is 32.3 Å². The summed E-state index contributed by atoms with van der Waals surface area (Å²) in [5, 5.41) is 0. The number of aryl methyl sites for hydroxylation is 2. The van der Waals surface area contributed by atoms with Gasteiger partial charge in [0.2, 0.25) is 0 Å². The van der Waals surface area contributed by atoms with Crippen molar-refractivity contribution in [1.82, 2.24) is 9.80 Å². The molecule has 0 amide bonds. The van der Waals surface area contributed by atoms with Gasteiger partial charge in [-0.2, -0.15) is 0 Å². The lowest BCUT2D eigenvalue weighted by atomic mass is 9.94. The van der Waals surface area contributed by atoms with Gasteiger partial charge in [0.1, 0.15) is 0 Å². The molecule has 0 bridgehead atoms. The van der Waals surface area contributed by atoms with E-state index < -0.39 is 0 Å². The Labute approximate surface area is 140 Å². The fraction of sp³-hybridized carbons (Fsp3) is 0.650. The van der Waals surface area contributed by atoms with Crippen LogP contribution < -0.4 is 0 Å². The third-order valence-electron chi connectivity index (χ3n) is 5.55. The lowest BCUT2D eigenvalue weighted by molar-refractivity contribution is 0.0691. The number of piperazine rings is 1. The van der Waals surface area contributed by atoms with Gasteiger partial charge in [-0.3, -0.25) is 14.6 Å². The molecular weight excluding hydrogens is 284 g/mol. The van der Waals surface area contributed by atoms with Gasteiger partial charge in [-0.15, -0.1) is 0 Å². The predicted octanol–water partition coefficient (Wildman–Crippen LogP) is 3.44. The second-order valence-electron chi connectivity index (χ2n) is 7.35. The van der Waals surface area contributed by atoms with Gasteiger partial charge in [-0.25, -0.2) is 0 Å². The Kier molecular flexibility index (Phi) is 5.50. The van der Waals surface area contributed by atoms with Gasteiger partial charge in [0.25, 0.3) is 0 Å². The molecule has 126 valence electrons. The number of hydrogen-bond acceptors (Lipinski definition) is 3. The van der Waals surface area contributed by atoms with E-state index >= 15 is 0 Å². The molecule has 3 nitrogen and oxygen atoms in total. The highest BCUT2D eigenvalue weighted by Gasteiger charge is 2.26. The summed E-state index contributed by atoms with van der Waals surface area (Å²) in [6.07, 6.45) is 6.97. The Balaban J connectivity index is 1.51. The molecule has 1 heterocycles. The van der Waals surface area contributed by atoms with Crippen LogP contribution in [0.3, 0.4) is 0 Å². The first kappa shape index (κ1) is 16.7. The normalized spacial score (nSPS) is 21.5. The van der Waals surface area contributed by atoms with Crippen molar-refractivity contribution in [2.24, 2.45) is 0 Å². The van der Waals surface area contributed by atoms with Crippen molar-refractivity contribution in [2.45, 2.75) is 52.0 Å². The van der Waals surface area contributed by atoms with E-state index in [1.54, 1.807) is 0 Å². The molecule has 2 fully saturated rings. The van der Waals surface area contributed by atoms with E-state index in [4.69, 9.17) is 0 Å². The Hall–Kier alpha value is -1.19. The minimum Gasteiger partial charge on any atom is -0.298 e. The predicted molar refractivity (Wildman–Crippen MR) is 95.1 cm³/mol. The van der Waals surface area contributed by atoms with Crippen LogP contribution in [0, 0.1) is 13.8 Å². The topological polar surface area (TPSA) is 23.6 Å². The molecule has 1 aliphatic heterocycles. The van der Waals surface area contributed by atoms with Crippen molar-refractivity contribution in [1.29, 1.82) is 0 Å². The van der Waals surface area contributed by atoms with Crippen LogP contribution in [0.15, 0.2) is 18.2 Å². The van der Waals surface area contributed by atoms with Gasteiger partial charge < -0.3 is 0 Å². The maximum atomic E-state index is 12.6. The van der Waals surface area contributed by atoms with Crippen molar-refractivity contribution in [3.63, 3.8) is 0 Å². The molecule has 0 N–H and O–H groups in total. The third kappa shape index (κ3) is 4.21. The van der Waals surface area contributed by atoms with Crippen molar-refractivity contribution < 1.29 is 4.79 Å². The van der Waals surface area contributed by atoms with E-state index in [2.05, 4.69) is 22.8 Å². The maximum Gasteiger partial charge on any atom is 0.177 e. The molecule has 0 spiro atoms. The van der Waals surface area contributed by atoms with Gasteiger partial charge in [0, 0.05) is 37.8 Å². The summed E-state index contributed by atoms with van der Waals surface area (Å²) >= 11 is 0. The highest BCUT2D eigenvalue weighted by molar-refractivity contribution is 5.99. The molecule has 0 atom stereocenters. The lowest BCUT2D eigenvalue weighted by Gasteiger charge is -2.40. The smallest absolute Gasteiger partial charge is 0.177 e. The molecule has 1 aromatic carbocycles. The Morgan fingerprint density at radius 2 is 1.74 bits per heavy atom. The first-order valence-corrected chi connectivity index (χ1v) is 9.20. The van der Waals surface area contributed by atoms with Crippen LogP contribution in [0.4, 0.5) is 0 Å². The standard InChI is InChI=1S/C20H30N2O/c1-16-8-9-19(17(2)14-16)20(23)15-21-10-12-22(13-11-21)18-6-4-3-5-7-18/h8-9,14,18H,3-7,10-13,15H2,1-2H3. The van der Waals surface area contributed by atoms with Gasteiger partial charge >= 0.3 is 0 Å². The monoisotopic (exact) mass is 314 g/mol. The summed E-state index contributed by atoms with van der Waals surface area (Å²) < 4.78 is 0. The largest absolute Gasteiger partial charge is 0.298 e. The van der Waals surface area contributed by atoms with Crippen LogP contribution >= 0.6 is 0 Å². The number of rotatable bonds is 4. The maximum absolute atomic E-state index is 12.6. The minimum absolute atomic E-state index is 0.272. The number of Topliss-reactive ketones (excluding diaryl/α,β-unsaturated/α-hetero) is 1. The fourth-order valence-corrected chi connectivity index (χ4v) is 4.15. The number of carbonyl (C=O) groups excluding carboxylic acids is 1. The molecule has 3 heteroatoms. The zero-order valence-electron chi connectivity index (χ0n) is 14.7. The first-order valence-electron chi connectivity index (χ1n) is 9.20. The Morgan fingerprint density at radius 1 is 1.04 bits per heavy atom. The van der Waals surface area contributed by atoms with Crippen LogP contribution in [0.5, 0.6) is 0 Å². The molecule has 1 aromatic rings. The number of ketones is 1. The van der Waals surface area contributed by atoms with Crippen molar-refractivity contribution in [3.05, 3.63) is 34.9 Å². The molecule has 0 unspecified atom stereocenters.